The molecule has 1 aromatic carbocycles. The molecule has 26 heavy (non-hydrogen) atoms. The molecular formula is C21H29N3O2. The summed E-state index contributed by atoms with van der Waals surface area (Å²) in [7, 11) is 0. The first-order valence-electron chi connectivity index (χ1n) is 10.3. The van der Waals surface area contributed by atoms with Gasteiger partial charge in [-0.1, -0.05) is 12.5 Å². The zero-order valence-electron chi connectivity index (χ0n) is 15.5. The minimum atomic E-state index is -0.0965. The van der Waals surface area contributed by atoms with Crippen LogP contribution in [0.5, 0.6) is 0 Å². The van der Waals surface area contributed by atoms with Gasteiger partial charge in [-0.2, -0.15) is 0 Å². The lowest BCUT2D eigenvalue weighted by Crippen LogP contribution is -2.43. The van der Waals surface area contributed by atoms with Crippen molar-refractivity contribution in [3.63, 3.8) is 0 Å². The van der Waals surface area contributed by atoms with E-state index < -0.39 is 0 Å². The van der Waals surface area contributed by atoms with Crippen molar-refractivity contribution < 1.29 is 9.53 Å². The number of piperazine rings is 1. The van der Waals surface area contributed by atoms with E-state index in [1.54, 1.807) is 0 Å². The summed E-state index contributed by atoms with van der Waals surface area (Å²) >= 11 is 0. The molecule has 5 rings (SSSR count). The van der Waals surface area contributed by atoms with E-state index in [1.165, 1.54) is 36.1 Å². The van der Waals surface area contributed by atoms with Crippen LogP contribution in [0.4, 0.5) is 10.5 Å². The summed E-state index contributed by atoms with van der Waals surface area (Å²) in [5.74, 6) is 1.22. The fourth-order valence-electron chi connectivity index (χ4n) is 5.03. The molecule has 2 aliphatic carbocycles. The molecule has 0 aromatic heterocycles. The molecule has 0 radical (unpaired) electrons. The van der Waals surface area contributed by atoms with Gasteiger partial charge in [0.05, 0.1) is 12.6 Å². The zero-order valence-corrected chi connectivity index (χ0v) is 15.5. The summed E-state index contributed by atoms with van der Waals surface area (Å²) in [5.41, 5.74) is 4.13. The molecule has 1 saturated carbocycles. The third-order valence-electron chi connectivity index (χ3n) is 6.86. The van der Waals surface area contributed by atoms with Crippen LogP contribution in [0.25, 0.3) is 0 Å². The summed E-state index contributed by atoms with van der Waals surface area (Å²) in [6.45, 7) is 5.64. The maximum absolute atomic E-state index is 12.7. The van der Waals surface area contributed by atoms with Crippen LogP contribution in [0.15, 0.2) is 18.2 Å². The Morgan fingerprint density at radius 1 is 1.12 bits per heavy atom. The van der Waals surface area contributed by atoms with Crippen molar-refractivity contribution in [3.05, 3.63) is 29.3 Å². The van der Waals surface area contributed by atoms with Crippen LogP contribution in [0.2, 0.25) is 0 Å². The molecule has 1 unspecified atom stereocenters. The average Bonchev–Trinajstić information content (AvgIpc) is 2.93. The Hall–Kier alpha value is -1.75. The summed E-state index contributed by atoms with van der Waals surface area (Å²) in [5, 5.41) is 3.42. The van der Waals surface area contributed by atoms with Crippen LogP contribution < -0.4 is 10.2 Å². The molecule has 1 N–H and O–H groups in total. The maximum Gasteiger partial charge on any atom is 0.410 e. The van der Waals surface area contributed by atoms with Crippen molar-refractivity contribution in [3.8, 4) is 0 Å². The number of hydrogen-bond acceptors (Lipinski definition) is 4. The fourth-order valence-corrected chi connectivity index (χ4v) is 5.03. The second-order valence-corrected chi connectivity index (χ2v) is 8.35. The van der Waals surface area contributed by atoms with E-state index in [1.807, 2.05) is 4.90 Å². The number of anilines is 1. The number of amides is 1. The third-order valence-corrected chi connectivity index (χ3v) is 6.86. The van der Waals surface area contributed by atoms with Gasteiger partial charge in [-0.05, 0) is 60.8 Å². The number of rotatable bonds is 3. The van der Waals surface area contributed by atoms with Crippen LogP contribution in [0, 0.1) is 5.92 Å². The minimum Gasteiger partial charge on any atom is -0.449 e. The maximum atomic E-state index is 12.7. The molecule has 1 amide bonds. The lowest BCUT2D eigenvalue weighted by atomic mass is 9.86. The summed E-state index contributed by atoms with van der Waals surface area (Å²) < 4.78 is 5.67. The quantitative estimate of drug-likeness (QED) is 0.904. The molecule has 1 aromatic rings. The van der Waals surface area contributed by atoms with Gasteiger partial charge in [0.1, 0.15) is 0 Å². The van der Waals surface area contributed by atoms with E-state index in [0.29, 0.717) is 18.4 Å². The van der Waals surface area contributed by atoms with E-state index in [9.17, 15) is 4.79 Å². The van der Waals surface area contributed by atoms with Crippen LogP contribution in [0.3, 0.4) is 0 Å². The first-order chi connectivity index (χ1) is 12.8. The van der Waals surface area contributed by atoms with Crippen molar-refractivity contribution in [2.45, 2.75) is 44.1 Å². The number of nitrogens with one attached hydrogen (secondary N) is 1. The van der Waals surface area contributed by atoms with Gasteiger partial charge in [0.2, 0.25) is 0 Å². The van der Waals surface area contributed by atoms with Gasteiger partial charge in [-0.25, -0.2) is 4.79 Å². The number of piperidine rings is 1. The molecule has 4 aliphatic rings. The largest absolute Gasteiger partial charge is 0.449 e. The van der Waals surface area contributed by atoms with Gasteiger partial charge < -0.3 is 19.9 Å². The first-order valence-corrected chi connectivity index (χ1v) is 10.3. The number of carbonyl (C=O) groups is 1. The van der Waals surface area contributed by atoms with Crippen LogP contribution in [-0.4, -0.2) is 50.3 Å². The molecule has 0 spiro atoms. The van der Waals surface area contributed by atoms with Gasteiger partial charge >= 0.3 is 6.09 Å². The lowest BCUT2D eigenvalue weighted by Gasteiger charge is -2.34. The van der Waals surface area contributed by atoms with Crippen molar-refractivity contribution in [2.75, 3.05) is 44.2 Å². The highest BCUT2D eigenvalue weighted by molar-refractivity contribution is 5.70. The highest BCUT2D eigenvalue weighted by Crippen LogP contribution is 2.50. The van der Waals surface area contributed by atoms with Gasteiger partial charge in [-0.15, -0.1) is 0 Å². The monoisotopic (exact) mass is 355 g/mol. The number of likely N-dealkylation sites (tertiary alicyclic amines) is 1. The van der Waals surface area contributed by atoms with Crippen molar-refractivity contribution in [2.24, 2.45) is 5.92 Å². The van der Waals surface area contributed by atoms with E-state index in [-0.39, 0.29) is 12.1 Å². The summed E-state index contributed by atoms with van der Waals surface area (Å²) in [6, 6.07) is 7.16. The Labute approximate surface area is 155 Å². The highest BCUT2D eigenvalue weighted by atomic mass is 16.6. The van der Waals surface area contributed by atoms with Gasteiger partial charge in [0, 0.05) is 38.4 Å². The number of carbonyl (C=O) groups excluding carboxylic acids is 1. The first kappa shape index (κ1) is 16.4. The highest BCUT2D eigenvalue weighted by Gasteiger charge is 2.41. The Morgan fingerprint density at radius 2 is 1.96 bits per heavy atom. The number of ether oxygens (including phenoxy) is 1. The molecule has 2 bridgehead atoms. The Morgan fingerprint density at radius 3 is 2.73 bits per heavy atom. The average molecular weight is 355 g/mol. The zero-order chi connectivity index (χ0) is 17.5. The summed E-state index contributed by atoms with van der Waals surface area (Å²) in [6.07, 6.45) is 5.76. The third kappa shape index (κ3) is 2.86. The van der Waals surface area contributed by atoms with E-state index in [0.717, 1.165) is 45.6 Å². The molecule has 5 nitrogen and oxygen atoms in total. The molecule has 2 saturated heterocycles. The fraction of sp³-hybridized carbons (Fsp3) is 0.667. The normalized spacial score (nSPS) is 27.8. The molecule has 2 aliphatic heterocycles. The van der Waals surface area contributed by atoms with Gasteiger partial charge in [-0.3, -0.25) is 0 Å². The molecular weight excluding hydrogens is 326 g/mol. The van der Waals surface area contributed by atoms with Crippen LogP contribution >= 0.6 is 0 Å². The molecule has 2 heterocycles. The Balaban J connectivity index is 1.34. The minimum absolute atomic E-state index is 0.0965. The second-order valence-electron chi connectivity index (χ2n) is 8.35. The standard InChI is InChI=1S/C21H29N3O2/c25-21(26-14-15-2-1-3-15)24-9-6-16-12-20(24)19-13-17(4-5-18(16)19)23-10-7-22-8-11-23/h4-5,13,15-16,20,22H,1-3,6-12,14H2/t16?,20-/m0/s1. The number of benzene rings is 1. The van der Waals surface area contributed by atoms with Crippen LogP contribution in [0.1, 0.15) is 55.2 Å². The van der Waals surface area contributed by atoms with E-state index in [2.05, 4.69) is 28.4 Å². The van der Waals surface area contributed by atoms with E-state index in [4.69, 9.17) is 4.74 Å². The molecule has 5 heteroatoms. The van der Waals surface area contributed by atoms with Gasteiger partial charge in [0.15, 0.2) is 0 Å². The predicted octanol–water partition coefficient (Wildman–Crippen LogP) is 3.27. The van der Waals surface area contributed by atoms with E-state index >= 15 is 0 Å². The second kappa shape index (κ2) is 6.76. The molecule has 2 atom stereocenters. The Bertz CT molecular complexity index is 682. The predicted molar refractivity (Wildman–Crippen MR) is 102 cm³/mol. The summed E-state index contributed by atoms with van der Waals surface area (Å²) in [4.78, 5) is 17.2. The number of fused-ring (bicyclic) bond motifs is 5. The van der Waals surface area contributed by atoms with Crippen molar-refractivity contribution in [1.29, 1.82) is 0 Å². The molecule has 140 valence electrons. The number of nitrogens with zero attached hydrogens (tertiary/aromatic N) is 2. The van der Waals surface area contributed by atoms with Crippen molar-refractivity contribution in [1.82, 2.24) is 10.2 Å². The van der Waals surface area contributed by atoms with Crippen molar-refractivity contribution >= 4 is 11.8 Å². The molecule has 3 fully saturated rings. The smallest absolute Gasteiger partial charge is 0.410 e. The number of hydrogen-bond donors (Lipinski definition) is 1. The van der Waals surface area contributed by atoms with Gasteiger partial charge in [0.25, 0.3) is 0 Å². The lowest BCUT2D eigenvalue weighted by molar-refractivity contribution is 0.0518. The topological polar surface area (TPSA) is 44.8 Å². The van der Waals surface area contributed by atoms with Crippen LogP contribution in [-0.2, 0) is 4.74 Å². The Kier molecular flexibility index (Phi) is 4.27. The SMILES string of the molecule is O=C(OCC1CCC1)N1CCC2C[C@H]1c1cc(N3CCNCC3)ccc12.